The monoisotopic (exact) mass is 469 g/mol. The van der Waals surface area contributed by atoms with Gasteiger partial charge in [-0.3, -0.25) is 9.59 Å². The van der Waals surface area contributed by atoms with Crippen molar-refractivity contribution >= 4 is 27.8 Å². The SMILES string of the molecule is COC(=O)CCc1c(C)nn(-c2ccc(C(=O)NCc3cccc(Br)c3)cc2)c1C. The zero-order valence-electron chi connectivity index (χ0n) is 17.2. The van der Waals surface area contributed by atoms with E-state index in [9.17, 15) is 9.59 Å². The van der Waals surface area contributed by atoms with Crippen LogP contribution in [0, 0.1) is 13.8 Å². The second-order valence-electron chi connectivity index (χ2n) is 7.00. The van der Waals surface area contributed by atoms with Crippen molar-refractivity contribution in [2.45, 2.75) is 33.2 Å². The molecule has 1 N–H and O–H groups in total. The molecule has 1 heterocycles. The number of rotatable bonds is 7. The average Bonchev–Trinajstić information content (AvgIpc) is 3.03. The summed E-state index contributed by atoms with van der Waals surface area (Å²) in [6, 6.07) is 15.2. The van der Waals surface area contributed by atoms with Crippen molar-refractivity contribution < 1.29 is 14.3 Å². The third-order valence-corrected chi connectivity index (χ3v) is 5.46. The number of esters is 1. The van der Waals surface area contributed by atoms with Crippen LogP contribution in [0.1, 0.15) is 39.3 Å². The standard InChI is InChI=1S/C23H24BrN3O3/c1-15-21(11-12-22(28)30-3)16(2)27(26-15)20-9-7-18(8-10-20)23(29)25-14-17-5-4-6-19(24)13-17/h4-10,13H,11-12,14H2,1-3H3,(H,25,29). The maximum Gasteiger partial charge on any atom is 0.305 e. The van der Waals surface area contributed by atoms with Crippen molar-refractivity contribution in [2.75, 3.05) is 7.11 Å². The number of nitrogens with one attached hydrogen (secondary N) is 1. The van der Waals surface area contributed by atoms with Gasteiger partial charge in [0.25, 0.3) is 5.91 Å². The molecule has 0 saturated heterocycles. The third kappa shape index (κ3) is 5.16. The Balaban J connectivity index is 1.69. The van der Waals surface area contributed by atoms with Crippen molar-refractivity contribution in [3.05, 3.63) is 81.1 Å². The van der Waals surface area contributed by atoms with Crippen LogP contribution in [0.25, 0.3) is 5.69 Å². The van der Waals surface area contributed by atoms with E-state index < -0.39 is 0 Å². The fourth-order valence-electron chi connectivity index (χ4n) is 3.30. The van der Waals surface area contributed by atoms with Crippen LogP contribution in [0.5, 0.6) is 0 Å². The van der Waals surface area contributed by atoms with E-state index in [0.717, 1.165) is 32.7 Å². The van der Waals surface area contributed by atoms with Gasteiger partial charge >= 0.3 is 5.97 Å². The molecular formula is C23H24BrN3O3. The van der Waals surface area contributed by atoms with Crippen molar-refractivity contribution in [1.29, 1.82) is 0 Å². The number of amides is 1. The van der Waals surface area contributed by atoms with Crippen LogP contribution in [0.2, 0.25) is 0 Å². The molecule has 1 aromatic heterocycles. The molecule has 0 aliphatic heterocycles. The summed E-state index contributed by atoms with van der Waals surface area (Å²) in [6.45, 7) is 4.37. The first-order chi connectivity index (χ1) is 14.4. The number of nitrogens with zero attached hydrogens (tertiary/aromatic N) is 2. The highest BCUT2D eigenvalue weighted by atomic mass is 79.9. The third-order valence-electron chi connectivity index (χ3n) is 4.96. The lowest BCUT2D eigenvalue weighted by molar-refractivity contribution is -0.140. The summed E-state index contributed by atoms with van der Waals surface area (Å²) >= 11 is 3.43. The topological polar surface area (TPSA) is 73.2 Å². The lowest BCUT2D eigenvalue weighted by atomic mass is 10.1. The smallest absolute Gasteiger partial charge is 0.305 e. The van der Waals surface area contributed by atoms with Crippen LogP contribution in [0.3, 0.4) is 0 Å². The molecule has 156 valence electrons. The van der Waals surface area contributed by atoms with E-state index >= 15 is 0 Å². The predicted octanol–water partition coefficient (Wildman–Crippen LogP) is 4.29. The van der Waals surface area contributed by atoms with Gasteiger partial charge < -0.3 is 10.1 Å². The number of carbonyl (C=O) groups is 2. The molecule has 7 heteroatoms. The molecule has 0 spiro atoms. The summed E-state index contributed by atoms with van der Waals surface area (Å²) in [5.74, 6) is -0.367. The van der Waals surface area contributed by atoms with Gasteiger partial charge in [0.2, 0.25) is 0 Å². The van der Waals surface area contributed by atoms with Crippen LogP contribution in [0.4, 0.5) is 0 Å². The van der Waals surface area contributed by atoms with E-state index in [1.165, 1.54) is 7.11 Å². The fraction of sp³-hybridized carbons (Fsp3) is 0.261. The van der Waals surface area contributed by atoms with E-state index in [1.54, 1.807) is 12.1 Å². The minimum atomic E-state index is -0.236. The first-order valence-electron chi connectivity index (χ1n) is 9.64. The molecule has 0 aliphatic carbocycles. The zero-order valence-corrected chi connectivity index (χ0v) is 18.8. The number of methoxy groups -OCH3 is 1. The Labute approximate surface area is 184 Å². The first-order valence-corrected chi connectivity index (χ1v) is 10.4. The summed E-state index contributed by atoms with van der Waals surface area (Å²) < 4.78 is 7.55. The molecule has 0 fully saturated rings. The van der Waals surface area contributed by atoms with Gasteiger partial charge in [-0.15, -0.1) is 0 Å². The molecule has 1 amide bonds. The Kier molecular flexibility index (Phi) is 7.05. The Morgan fingerprint density at radius 3 is 2.53 bits per heavy atom. The molecule has 0 radical (unpaired) electrons. The van der Waals surface area contributed by atoms with Crippen LogP contribution in [0.15, 0.2) is 53.0 Å². The molecule has 0 saturated carbocycles. The molecule has 3 rings (SSSR count). The van der Waals surface area contributed by atoms with E-state index in [0.29, 0.717) is 24.9 Å². The van der Waals surface area contributed by atoms with Crippen molar-refractivity contribution in [1.82, 2.24) is 15.1 Å². The average molecular weight is 470 g/mol. The molecule has 0 atom stereocenters. The van der Waals surface area contributed by atoms with E-state index in [1.807, 2.05) is 54.9 Å². The van der Waals surface area contributed by atoms with Gasteiger partial charge in [0.05, 0.1) is 18.5 Å². The largest absolute Gasteiger partial charge is 0.469 e. The van der Waals surface area contributed by atoms with Crippen LogP contribution < -0.4 is 5.32 Å². The highest BCUT2D eigenvalue weighted by molar-refractivity contribution is 9.10. The maximum atomic E-state index is 12.5. The first kappa shape index (κ1) is 21.8. The summed E-state index contributed by atoms with van der Waals surface area (Å²) in [7, 11) is 1.39. The van der Waals surface area contributed by atoms with E-state index in [-0.39, 0.29) is 11.9 Å². The molecular weight excluding hydrogens is 446 g/mol. The minimum Gasteiger partial charge on any atom is -0.469 e. The molecule has 0 bridgehead atoms. The van der Waals surface area contributed by atoms with Gasteiger partial charge in [0, 0.05) is 28.7 Å². The van der Waals surface area contributed by atoms with Gasteiger partial charge in [0.15, 0.2) is 0 Å². The Morgan fingerprint density at radius 2 is 1.87 bits per heavy atom. The molecule has 3 aromatic rings. The lowest BCUT2D eigenvalue weighted by Crippen LogP contribution is -2.22. The highest BCUT2D eigenvalue weighted by Crippen LogP contribution is 2.20. The van der Waals surface area contributed by atoms with Crippen LogP contribution in [-0.2, 0) is 22.5 Å². The summed E-state index contributed by atoms with van der Waals surface area (Å²) in [5.41, 5.74) is 5.37. The normalized spacial score (nSPS) is 10.7. The highest BCUT2D eigenvalue weighted by Gasteiger charge is 2.15. The van der Waals surface area contributed by atoms with Gasteiger partial charge in [-0.05, 0) is 67.8 Å². The number of aryl methyl sites for hydroxylation is 1. The van der Waals surface area contributed by atoms with E-state index in [4.69, 9.17) is 4.74 Å². The number of hydrogen-bond donors (Lipinski definition) is 1. The van der Waals surface area contributed by atoms with Crippen molar-refractivity contribution in [3.8, 4) is 5.69 Å². The fourth-order valence-corrected chi connectivity index (χ4v) is 3.75. The Morgan fingerprint density at radius 1 is 1.13 bits per heavy atom. The Hall–Kier alpha value is -2.93. The number of ether oxygens (including phenoxy) is 1. The lowest BCUT2D eigenvalue weighted by Gasteiger charge is -2.08. The summed E-state index contributed by atoms with van der Waals surface area (Å²) in [6.07, 6.45) is 0.904. The molecule has 0 unspecified atom stereocenters. The van der Waals surface area contributed by atoms with Crippen molar-refractivity contribution in [3.63, 3.8) is 0 Å². The summed E-state index contributed by atoms with van der Waals surface area (Å²) in [5, 5.41) is 7.54. The second kappa shape index (κ2) is 9.71. The van der Waals surface area contributed by atoms with Crippen LogP contribution in [-0.4, -0.2) is 28.8 Å². The molecule has 0 aliphatic rings. The van der Waals surface area contributed by atoms with Crippen LogP contribution >= 0.6 is 15.9 Å². The number of benzene rings is 2. The molecule has 2 aromatic carbocycles. The second-order valence-corrected chi connectivity index (χ2v) is 7.91. The van der Waals surface area contributed by atoms with Crippen molar-refractivity contribution in [2.24, 2.45) is 0 Å². The Bertz CT molecular complexity index is 1060. The number of halogens is 1. The maximum absolute atomic E-state index is 12.5. The molecule has 30 heavy (non-hydrogen) atoms. The van der Waals surface area contributed by atoms with Gasteiger partial charge in [-0.25, -0.2) is 4.68 Å². The zero-order chi connectivity index (χ0) is 21.7. The number of hydrogen-bond acceptors (Lipinski definition) is 4. The minimum absolute atomic E-state index is 0.131. The van der Waals surface area contributed by atoms with Gasteiger partial charge in [0.1, 0.15) is 0 Å². The number of carbonyl (C=O) groups excluding carboxylic acids is 2. The number of aromatic nitrogens is 2. The van der Waals surface area contributed by atoms with Gasteiger partial charge in [-0.1, -0.05) is 28.1 Å². The summed E-state index contributed by atoms with van der Waals surface area (Å²) in [4.78, 5) is 23.9. The van der Waals surface area contributed by atoms with Gasteiger partial charge in [-0.2, -0.15) is 5.10 Å². The molecule has 6 nitrogen and oxygen atoms in total. The van der Waals surface area contributed by atoms with E-state index in [2.05, 4.69) is 26.3 Å². The predicted molar refractivity (Wildman–Crippen MR) is 119 cm³/mol. The quantitative estimate of drug-likeness (QED) is 0.523.